The molecule has 1 atom stereocenters. The molecule has 10 aliphatic heterocycles. The van der Waals surface area contributed by atoms with Crippen LogP contribution in [0.1, 0.15) is 291 Å². The molecule has 636 valence electrons. The van der Waals surface area contributed by atoms with Crippen molar-refractivity contribution in [2.45, 2.75) is 308 Å². The van der Waals surface area contributed by atoms with Crippen molar-refractivity contribution in [2.75, 3.05) is 216 Å². The molecule has 0 spiro atoms. The molecule has 0 aliphatic carbocycles. The molecule has 10 heterocycles. The van der Waals surface area contributed by atoms with Crippen LogP contribution in [-0.4, -0.2) is 288 Å². The maximum atomic E-state index is 13.4. The average molecular weight is 1510 g/mol. The number of hydrogen-bond acceptors (Lipinski definition) is 11. The highest BCUT2D eigenvalue weighted by atomic mass is 19.3. The minimum atomic E-state index is -2.39. The topological polar surface area (TPSA) is 35.6 Å². The van der Waals surface area contributed by atoms with Gasteiger partial charge in [0.1, 0.15) is 11.3 Å². The quantitative estimate of drug-likeness (QED) is 0.109. The number of likely N-dealkylation sites (tertiary alicyclic amines) is 9. The summed E-state index contributed by atoms with van der Waals surface area (Å²) in [6.45, 7) is 87.3. The Kier molecular flexibility index (Phi) is 63.8. The molecule has 0 aromatic carbocycles. The minimum Gasteiger partial charge on any atom is -0.304 e. The molecule has 105 heavy (non-hydrogen) atoms. The standard InChI is InChI=1S/C10H20FN.C10H21N.C9H18FN.C9H20N2.3C9H19N.C8H17N.C7H13F2N.C7H15N.3CH4/c1-9(2)8-12-6-4-10(3,11)5-7-12;1-9(2)8-11-6-4-10(3)5-7-11;1-8(2)6-11-5-4-9(3,10)7-11;1-9(2)8-11-6-4-10(3)5-7-11;3*1-9(2)8-10-6-4-3-5-7-10;1-8(2)7-9-5-3-4-6-9;1-6(2)3-10-4-7(8,9)5-10;1-7(2)6-8-4-3-5-8;;;/h9H,4-8H2,1-3H3;9-10H,4-8H2,1-3H3;8H,4-7H2,1-3H3;9H,4-8H2,1-3H3;3*9H,3-8H2,1-2H3;8H,3-7H2,1-2H3;6H,3-5H2,1-2H3;7H,3-6H2,1-2H3;3*1H4. The van der Waals surface area contributed by atoms with Crippen molar-refractivity contribution in [3.8, 4) is 0 Å². The van der Waals surface area contributed by atoms with Gasteiger partial charge in [0.15, 0.2) is 0 Å². The first-order valence-corrected chi connectivity index (χ1v) is 43.5. The summed E-state index contributed by atoms with van der Waals surface area (Å²) >= 11 is 0. The van der Waals surface area contributed by atoms with Gasteiger partial charge in [0.25, 0.3) is 5.92 Å². The fraction of sp³-hybridized carbons (Fsp3) is 1.00. The Morgan fingerprint density at radius 2 is 0.457 bits per heavy atom. The molecule has 10 fully saturated rings. The zero-order valence-corrected chi connectivity index (χ0v) is 72.9. The Hall–Kier alpha value is -0.720. The summed E-state index contributed by atoms with van der Waals surface area (Å²) in [5.74, 6) is 6.33. The van der Waals surface area contributed by atoms with Gasteiger partial charge in [0.05, 0.1) is 13.1 Å². The van der Waals surface area contributed by atoms with E-state index in [0.717, 1.165) is 86.6 Å². The zero-order chi connectivity index (χ0) is 76.8. The first kappa shape index (κ1) is 108. The van der Waals surface area contributed by atoms with E-state index < -0.39 is 17.3 Å². The third kappa shape index (κ3) is 63.4. The van der Waals surface area contributed by atoms with Crippen molar-refractivity contribution in [2.24, 2.45) is 65.1 Å². The van der Waals surface area contributed by atoms with E-state index >= 15 is 0 Å². The number of rotatable bonds is 20. The van der Waals surface area contributed by atoms with Crippen LogP contribution in [0.4, 0.5) is 17.6 Å². The second-order valence-electron chi connectivity index (χ2n) is 38.4. The van der Waals surface area contributed by atoms with Crippen molar-refractivity contribution in [1.29, 1.82) is 0 Å². The first-order chi connectivity index (χ1) is 47.8. The number of hydrogen-bond donors (Lipinski definition) is 0. The molecule has 0 saturated carbocycles. The van der Waals surface area contributed by atoms with E-state index in [4.69, 9.17) is 0 Å². The van der Waals surface area contributed by atoms with Crippen LogP contribution in [0.5, 0.6) is 0 Å². The molecule has 0 bridgehead atoms. The summed E-state index contributed by atoms with van der Waals surface area (Å²) < 4.78 is 51.0. The van der Waals surface area contributed by atoms with Crippen LogP contribution >= 0.6 is 0 Å². The van der Waals surface area contributed by atoms with Crippen LogP contribution in [0.2, 0.25) is 0 Å². The van der Waals surface area contributed by atoms with Gasteiger partial charge >= 0.3 is 0 Å². The van der Waals surface area contributed by atoms with Gasteiger partial charge in [-0.2, -0.15) is 0 Å². The molecule has 10 rings (SSSR count). The van der Waals surface area contributed by atoms with E-state index in [-0.39, 0.29) is 35.4 Å². The van der Waals surface area contributed by atoms with Gasteiger partial charge in [-0.15, -0.1) is 0 Å². The Morgan fingerprint density at radius 3 is 0.695 bits per heavy atom. The van der Waals surface area contributed by atoms with E-state index in [1.807, 2.05) is 13.8 Å². The maximum absolute atomic E-state index is 13.4. The number of piperazine rings is 1. The van der Waals surface area contributed by atoms with E-state index in [1.54, 1.807) is 18.7 Å². The monoisotopic (exact) mass is 1500 g/mol. The summed E-state index contributed by atoms with van der Waals surface area (Å²) in [6, 6.07) is 0. The van der Waals surface area contributed by atoms with Crippen LogP contribution in [0, 0.1) is 65.1 Å². The highest BCUT2D eigenvalue weighted by molar-refractivity contribution is 4.88. The Morgan fingerprint density at radius 1 is 0.248 bits per heavy atom. The second kappa shape index (κ2) is 61.7. The summed E-state index contributed by atoms with van der Waals surface area (Å²) in [5.41, 5.74) is -1.82. The normalized spacial score (nSPS) is 23.3. The molecule has 15 heteroatoms. The van der Waals surface area contributed by atoms with E-state index in [1.165, 1.54) is 240 Å². The largest absolute Gasteiger partial charge is 0.304 e. The predicted octanol–water partition coefficient (Wildman–Crippen LogP) is 20.8. The smallest absolute Gasteiger partial charge is 0.272 e. The molecule has 0 aromatic rings. The van der Waals surface area contributed by atoms with Crippen LogP contribution in [-0.2, 0) is 0 Å². The number of piperidine rings is 5. The molecular formula is C90H193F4N11. The number of likely N-dealkylation sites (N-methyl/N-ethyl adjacent to an activating group) is 1. The van der Waals surface area contributed by atoms with Crippen molar-refractivity contribution in [3.05, 3.63) is 0 Å². The van der Waals surface area contributed by atoms with Crippen LogP contribution in [0.15, 0.2) is 0 Å². The van der Waals surface area contributed by atoms with Gasteiger partial charge in [-0.1, -0.05) is 187 Å². The van der Waals surface area contributed by atoms with Crippen molar-refractivity contribution in [3.63, 3.8) is 0 Å². The lowest BCUT2D eigenvalue weighted by Crippen LogP contribution is -2.56. The van der Waals surface area contributed by atoms with Gasteiger partial charge in [-0.25, -0.2) is 17.6 Å². The van der Waals surface area contributed by atoms with Gasteiger partial charge in [-0.05, 0) is 254 Å². The first-order valence-electron chi connectivity index (χ1n) is 43.5. The highest BCUT2D eigenvalue weighted by Gasteiger charge is 2.43. The van der Waals surface area contributed by atoms with Gasteiger partial charge in [0.2, 0.25) is 0 Å². The third-order valence-corrected chi connectivity index (χ3v) is 20.5. The summed E-state index contributed by atoms with van der Waals surface area (Å²) in [6.07, 6.45) is 22.1. The maximum Gasteiger partial charge on any atom is 0.272 e. The fourth-order valence-electron chi connectivity index (χ4n) is 15.5. The molecule has 11 nitrogen and oxygen atoms in total. The number of halogens is 4. The van der Waals surface area contributed by atoms with Crippen molar-refractivity contribution < 1.29 is 17.6 Å². The summed E-state index contributed by atoms with van der Waals surface area (Å²) in [5, 5.41) is 0. The minimum absolute atomic E-state index is 0. The zero-order valence-electron chi connectivity index (χ0n) is 72.9. The molecule has 0 radical (unpaired) electrons. The Balaban J connectivity index is -0.00000110. The molecular weight excluding hydrogens is 1310 g/mol. The molecule has 0 N–H and O–H groups in total. The van der Waals surface area contributed by atoms with Gasteiger partial charge in [0, 0.05) is 118 Å². The van der Waals surface area contributed by atoms with Crippen LogP contribution in [0.3, 0.4) is 0 Å². The molecule has 10 saturated heterocycles. The van der Waals surface area contributed by atoms with E-state index in [9.17, 15) is 17.6 Å². The predicted molar refractivity (Wildman–Crippen MR) is 462 cm³/mol. The SMILES string of the molecule is C.C.C.CC(C)CN1CC(F)(F)C1.CC(C)CN1CCC(C)(F)C1.CC(C)CN1CCC(C)(F)CC1.CC(C)CN1CCC(C)CC1.CC(C)CN1CCC1.CC(C)CN1CCCC1.CC(C)CN1CCCCC1.CC(C)CN1CCCCC1.CC(C)CN1CCCCC1.CC(C)CN1CCN(C)CC1. The number of alkyl halides is 4. The van der Waals surface area contributed by atoms with E-state index in [0.29, 0.717) is 43.6 Å². The molecule has 1 unspecified atom stereocenters. The molecule has 10 aliphatic rings. The average Bonchev–Trinajstić information content (AvgIpc) is 1.43. The Bertz CT molecular complexity index is 1770. The lowest BCUT2D eigenvalue weighted by atomic mass is 9.95. The Labute approximate surface area is 657 Å². The summed E-state index contributed by atoms with van der Waals surface area (Å²) in [4.78, 5) is 26.8. The third-order valence-electron chi connectivity index (χ3n) is 20.5. The van der Waals surface area contributed by atoms with Crippen LogP contribution < -0.4 is 0 Å². The molecule has 0 amide bonds. The fourth-order valence-corrected chi connectivity index (χ4v) is 15.5. The number of nitrogens with zero attached hydrogens (tertiary/aromatic N) is 11. The summed E-state index contributed by atoms with van der Waals surface area (Å²) in [7, 11) is 2.20. The van der Waals surface area contributed by atoms with Crippen LogP contribution in [0.25, 0.3) is 0 Å². The van der Waals surface area contributed by atoms with Crippen molar-refractivity contribution >= 4 is 0 Å². The van der Waals surface area contributed by atoms with Gasteiger partial charge in [-0.3, -0.25) is 9.80 Å². The van der Waals surface area contributed by atoms with Gasteiger partial charge < -0.3 is 44.1 Å². The lowest BCUT2D eigenvalue weighted by molar-refractivity contribution is -0.133. The van der Waals surface area contributed by atoms with E-state index in [2.05, 4.69) is 188 Å². The highest BCUT2D eigenvalue weighted by Crippen LogP contribution is 2.28. The second-order valence-corrected chi connectivity index (χ2v) is 38.4. The lowest BCUT2D eigenvalue weighted by Gasteiger charge is -2.39. The van der Waals surface area contributed by atoms with Crippen molar-refractivity contribution in [1.82, 2.24) is 53.9 Å². The molecule has 0 aromatic heterocycles.